The van der Waals surface area contributed by atoms with Crippen LogP contribution >= 0.6 is 0 Å². The Morgan fingerprint density at radius 3 is 2.21 bits per heavy atom. The van der Waals surface area contributed by atoms with Crippen molar-refractivity contribution in [2.45, 2.75) is 0 Å². The summed E-state index contributed by atoms with van der Waals surface area (Å²) in [4.78, 5) is 12.4. The van der Waals surface area contributed by atoms with Gasteiger partial charge in [-0.25, -0.2) is 21.2 Å². The minimum Gasteiger partial charge on any atom is -0.324 e. The fourth-order valence-corrected chi connectivity index (χ4v) is 3.69. The second-order valence-electron chi connectivity index (χ2n) is 6.05. The number of nitrogens with zero attached hydrogens (tertiary/aromatic N) is 2. The molecule has 2 aromatic rings. The number of carbonyl (C=O) groups is 1. The molecule has 0 atom stereocenters. The highest BCUT2D eigenvalue weighted by Crippen LogP contribution is 2.23. The van der Waals surface area contributed by atoms with Crippen molar-refractivity contribution in [1.29, 1.82) is 0 Å². The normalized spacial score (nSPS) is 11.7. The van der Waals surface area contributed by atoms with Crippen LogP contribution in [0.3, 0.4) is 0 Å². The maximum Gasteiger partial charge on any atom is 0.245 e. The van der Waals surface area contributed by atoms with Gasteiger partial charge in [0.05, 0.1) is 23.9 Å². The van der Waals surface area contributed by atoms with Gasteiger partial charge in [0.1, 0.15) is 12.4 Å². The molecule has 0 radical (unpaired) electrons. The topological polar surface area (TPSA) is 104 Å². The molecule has 0 heterocycles. The van der Waals surface area contributed by atoms with Crippen LogP contribution in [0.5, 0.6) is 0 Å². The second-order valence-corrected chi connectivity index (χ2v) is 9.97. The van der Waals surface area contributed by atoms with Crippen molar-refractivity contribution in [2.24, 2.45) is 0 Å². The van der Waals surface area contributed by atoms with E-state index in [1.165, 1.54) is 43.4 Å². The summed E-state index contributed by atoms with van der Waals surface area (Å²) in [5, 5.41) is 2.49. The third-order valence-corrected chi connectivity index (χ3v) is 6.13. The number of halogens is 1. The number of amides is 1. The summed E-state index contributed by atoms with van der Waals surface area (Å²) in [5.74, 6) is -1.50. The van der Waals surface area contributed by atoms with Crippen LogP contribution in [-0.4, -0.2) is 48.8 Å². The molecule has 8 nitrogen and oxygen atoms in total. The predicted octanol–water partition coefficient (Wildman–Crippen LogP) is 1.63. The largest absolute Gasteiger partial charge is 0.324 e. The highest BCUT2D eigenvalue weighted by atomic mass is 32.2. The Morgan fingerprint density at radius 2 is 1.64 bits per heavy atom. The van der Waals surface area contributed by atoms with Gasteiger partial charge in [-0.15, -0.1) is 0 Å². The van der Waals surface area contributed by atoms with Gasteiger partial charge in [0.2, 0.25) is 26.0 Å². The number of hydrogen-bond acceptors (Lipinski definition) is 5. The first-order valence-corrected chi connectivity index (χ1v) is 11.7. The smallest absolute Gasteiger partial charge is 0.245 e. The molecule has 0 aliphatic heterocycles. The molecule has 0 spiro atoms. The van der Waals surface area contributed by atoms with Crippen molar-refractivity contribution < 1.29 is 26.0 Å². The molecule has 0 bridgehead atoms. The zero-order valence-corrected chi connectivity index (χ0v) is 17.1. The van der Waals surface area contributed by atoms with E-state index in [-0.39, 0.29) is 11.4 Å². The van der Waals surface area contributed by atoms with Crippen LogP contribution in [0.4, 0.5) is 21.5 Å². The van der Waals surface area contributed by atoms with Crippen LogP contribution in [0, 0.1) is 5.82 Å². The maximum absolute atomic E-state index is 14.0. The molecule has 2 aromatic carbocycles. The lowest BCUT2D eigenvalue weighted by Crippen LogP contribution is -2.38. The van der Waals surface area contributed by atoms with Gasteiger partial charge >= 0.3 is 0 Å². The molecular formula is C17H20FN3O5S2. The molecule has 0 aromatic heterocycles. The molecule has 0 aliphatic carbocycles. The Balaban J connectivity index is 2.24. The lowest BCUT2D eigenvalue weighted by molar-refractivity contribution is -0.114. The summed E-state index contributed by atoms with van der Waals surface area (Å²) in [5.41, 5.74) is 0.333. The van der Waals surface area contributed by atoms with E-state index in [2.05, 4.69) is 5.32 Å². The molecule has 0 aliphatic rings. The number of sulfonamides is 2. The molecule has 1 N–H and O–H groups in total. The number of anilines is 3. The van der Waals surface area contributed by atoms with Crippen molar-refractivity contribution in [3.05, 3.63) is 54.3 Å². The van der Waals surface area contributed by atoms with Crippen molar-refractivity contribution in [1.82, 2.24) is 0 Å². The van der Waals surface area contributed by atoms with E-state index < -0.39 is 38.3 Å². The SMILES string of the molecule is CN(c1cccc(NC(=O)CN(c2ccccc2F)S(C)(=O)=O)c1)S(C)(=O)=O. The summed E-state index contributed by atoms with van der Waals surface area (Å²) >= 11 is 0. The summed E-state index contributed by atoms with van der Waals surface area (Å²) < 4.78 is 63.0. The fourth-order valence-electron chi connectivity index (χ4n) is 2.34. The zero-order chi connectivity index (χ0) is 21.1. The van der Waals surface area contributed by atoms with E-state index in [4.69, 9.17) is 0 Å². The van der Waals surface area contributed by atoms with E-state index in [9.17, 15) is 26.0 Å². The lowest BCUT2D eigenvalue weighted by Gasteiger charge is -2.22. The quantitative estimate of drug-likeness (QED) is 0.720. The Morgan fingerprint density at radius 1 is 1.00 bits per heavy atom. The van der Waals surface area contributed by atoms with Crippen LogP contribution in [0.15, 0.2) is 48.5 Å². The number of rotatable bonds is 7. The van der Waals surface area contributed by atoms with Crippen LogP contribution in [0.2, 0.25) is 0 Å². The summed E-state index contributed by atoms with van der Waals surface area (Å²) in [6, 6.07) is 11.2. The predicted molar refractivity (Wildman–Crippen MR) is 107 cm³/mol. The van der Waals surface area contributed by atoms with Crippen LogP contribution in [0.1, 0.15) is 0 Å². The number of nitrogens with one attached hydrogen (secondary N) is 1. The molecule has 0 saturated carbocycles. The van der Waals surface area contributed by atoms with E-state index in [0.717, 1.165) is 22.9 Å². The average molecular weight is 429 g/mol. The maximum atomic E-state index is 14.0. The highest BCUT2D eigenvalue weighted by molar-refractivity contribution is 7.92. The van der Waals surface area contributed by atoms with Gasteiger partial charge in [0.25, 0.3) is 0 Å². The number of carbonyl (C=O) groups excluding carboxylic acids is 1. The third-order valence-electron chi connectivity index (χ3n) is 3.80. The number of para-hydroxylation sites is 1. The van der Waals surface area contributed by atoms with Crippen molar-refractivity contribution in [2.75, 3.05) is 40.0 Å². The van der Waals surface area contributed by atoms with E-state index in [1.807, 2.05) is 0 Å². The van der Waals surface area contributed by atoms with Crippen LogP contribution in [-0.2, 0) is 24.8 Å². The summed E-state index contributed by atoms with van der Waals surface area (Å²) in [6.45, 7) is -0.647. The van der Waals surface area contributed by atoms with Gasteiger partial charge in [-0.3, -0.25) is 13.4 Å². The van der Waals surface area contributed by atoms with Gasteiger partial charge in [-0.2, -0.15) is 0 Å². The molecule has 0 saturated heterocycles. The minimum atomic E-state index is -3.92. The number of hydrogen-bond donors (Lipinski definition) is 1. The Bertz CT molecular complexity index is 1090. The van der Waals surface area contributed by atoms with E-state index >= 15 is 0 Å². The summed E-state index contributed by atoms with van der Waals surface area (Å²) in [6.07, 6.45) is 1.91. The van der Waals surface area contributed by atoms with Crippen molar-refractivity contribution in [3.8, 4) is 0 Å². The average Bonchev–Trinajstić information content (AvgIpc) is 2.58. The Hall–Kier alpha value is -2.66. The van der Waals surface area contributed by atoms with Crippen LogP contribution < -0.4 is 13.9 Å². The molecule has 152 valence electrons. The van der Waals surface area contributed by atoms with Crippen molar-refractivity contribution in [3.63, 3.8) is 0 Å². The van der Waals surface area contributed by atoms with Crippen molar-refractivity contribution >= 4 is 43.0 Å². The van der Waals surface area contributed by atoms with Gasteiger partial charge in [-0.1, -0.05) is 18.2 Å². The first-order chi connectivity index (χ1) is 12.9. The molecule has 28 heavy (non-hydrogen) atoms. The first-order valence-electron chi connectivity index (χ1n) is 7.95. The molecule has 2 rings (SSSR count). The minimum absolute atomic E-state index is 0.245. The van der Waals surface area contributed by atoms with Gasteiger partial charge in [-0.05, 0) is 30.3 Å². The highest BCUT2D eigenvalue weighted by Gasteiger charge is 2.23. The molecule has 0 unspecified atom stereocenters. The lowest BCUT2D eigenvalue weighted by atomic mass is 10.2. The number of benzene rings is 2. The first kappa shape index (κ1) is 21.6. The third kappa shape index (κ3) is 5.42. The van der Waals surface area contributed by atoms with Crippen LogP contribution in [0.25, 0.3) is 0 Å². The second kappa shape index (κ2) is 8.15. The van der Waals surface area contributed by atoms with Gasteiger partial charge in [0.15, 0.2) is 0 Å². The Labute approximate surface area is 163 Å². The molecule has 1 amide bonds. The Kier molecular flexibility index (Phi) is 6.30. The molecule has 0 fully saturated rings. The molecular weight excluding hydrogens is 409 g/mol. The van der Waals surface area contributed by atoms with Gasteiger partial charge < -0.3 is 5.32 Å². The summed E-state index contributed by atoms with van der Waals surface area (Å²) in [7, 11) is -6.05. The molecule has 11 heteroatoms. The van der Waals surface area contributed by atoms with Gasteiger partial charge in [0, 0.05) is 12.7 Å². The monoisotopic (exact) mass is 429 g/mol. The standard InChI is InChI=1S/C17H20FN3O5S2/c1-20(27(2,23)24)14-8-6-7-13(11-14)19-17(22)12-21(28(3,25)26)16-10-5-4-9-15(16)18/h4-11H,12H2,1-3H3,(H,19,22). The fraction of sp³-hybridized carbons (Fsp3) is 0.235. The van der Waals surface area contributed by atoms with E-state index in [1.54, 1.807) is 6.07 Å². The zero-order valence-electron chi connectivity index (χ0n) is 15.5. The van der Waals surface area contributed by atoms with E-state index in [0.29, 0.717) is 9.99 Å².